The van der Waals surface area contributed by atoms with Crippen molar-refractivity contribution in [1.82, 2.24) is 4.90 Å². The largest absolute Gasteiger partial charge is 0.336 e. The van der Waals surface area contributed by atoms with Gasteiger partial charge >= 0.3 is 0 Å². The summed E-state index contributed by atoms with van der Waals surface area (Å²) in [5.41, 5.74) is 0.401. The van der Waals surface area contributed by atoms with Crippen LogP contribution in [-0.2, 0) is 9.59 Å². The van der Waals surface area contributed by atoms with Crippen LogP contribution in [0.5, 0.6) is 0 Å². The van der Waals surface area contributed by atoms with E-state index in [-0.39, 0.29) is 18.4 Å². The molecule has 0 bridgehead atoms. The highest BCUT2D eigenvalue weighted by atomic mass is 19.1. The molecule has 0 radical (unpaired) electrons. The molecular formula is C18H25FN2O2. The van der Waals surface area contributed by atoms with Gasteiger partial charge in [0.15, 0.2) is 0 Å². The average Bonchev–Trinajstić information content (AvgIpc) is 2.53. The van der Waals surface area contributed by atoms with Crippen molar-refractivity contribution in [1.29, 1.82) is 0 Å². The number of benzene rings is 1. The topological polar surface area (TPSA) is 49.4 Å². The molecule has 1 aliphatic carbocycles. The molecule has 4 nitrogen and oxygen atoms in total. The van der Waals surface area contributed by atoms with Gasteiger partial charge in [0.05, 0.1) is 6.54 Å². The maximum atomic E-state index is 13.1. The minimum absolute atomic E-state index is 0.00929. The summed E-state index contributed by atoms with van der Waals surface area (Å²) < 4.78 is 13.1. The van der Waals surface area contributed by atoms with Crippen molar-refractivity contribution < 1.29 is 14.0 Å². The number of halogens is 1. The maximum absolute atomic E-state index is 13.1. The van der Waals surface area contributed by atoms with Crippen LogP contribution in [0.3, 0.4) is 0 Å². The quantitative estimate of drug-likeness (QED) is 0.871. The van der Waals surface area contributed by atoms with Gasteiger partial charge in [0.1, 0.15) is 5.82 Å². The summed E-state index contributed by atoms with van der Waals surface area (Å²) in [5, 5.41) is 2.60. The molecule has 0 aliphatic heterocycles. The molecule has 1 saturated carbocycles. The van der Waals surface area contributed by atoms with E-state index < -0.39 is 5.82 Å². The van der Waals surface area contributed by atoms with Gasteiger partial charge in [0.25, 0.3) is 0 Å². The number of amides is 2. The zero-order valence-electron chi connectivity index (χ0n) is 13.7. The highest BCUT2D eigenvalue weighted by Gasteiger charge is 2.17. The number of carbonyl (C=O) groups excluding carboxylic acids is 2. The molecule has 2 rings (SSSR count). The third kappa shape index (κ3) is 6.00. The normalized spacial score (nSPS) is 15.2. The summed E-state index contributed by atoms with van der Waals surface area (Å²) >= 11 is 0. The molecule has 5 heteroatoms. The number of anilines is 1. The van der Waals surface area contributed by atoms with E-state index in [1.54, 1.807) is 13.1 Å². The third-order valence-electron chi connectivity index (χ3n) is 4.41. The standard InChI is InChI=1S/C18H25FN2O2/c1-21(18(23)11-10-14-6-3-2-4-7-14)13-17(22)20-16-9-5-8-15(19)12-16/h5,8-9,12,14H,2-4,6-7,10-11,13H2,1H3,(H,20,22). The molecule has 1 aliphatic rings. The summed E-state index contributed by atoms with van der Waals surface area (Å²) in [5.74, 6) is -0.0731. The van der Waals surface area contributed by atoms with Crippen LogP contribution in [-0.4, -0.2) is 30.3 Å². The summed E-state index contributed by atoms with van der Waals surface area (Å²) in [7, 11) is 1.63. The molecule has 1 N–H and O–H groups in total. The summed E-state index contributed by atoms with van der Waals surface area (Å²) in [6.45, 7) is -0.0139. The van der Waals surface area contributed by atoms with Gasteiger partial charge in [-0.25, -0.2) is 4.39 Å². The first-order valence-corrected chi connectivity index (χ1v) is 8.34. The Bertz CT molecular complexity index is 542. The highest BCUT2D eigenvalue weighted by molar-refractivity contribution is 5.94. The van der Waals surface area contributed by atoms with Crippen LogP contribution in [0.15, 0.2) is 24.3 Å². The highest BCUT2D eigenvalue weighted by Crippen LogP contribution is 2.27. The van der Waals surface area contributed by atoms with Crippen LogP contribution in [0.1, 0.15) is 44.9 Å². The molecule has 1 aromatic rings. The first kappa shape index (κ1) is 17.4. The van der Waals surface area contributed by atoms with Gasteiger partial charge in [-0.1, -0.05) is 38.2 Å². The van der Waals surface area contributed by atoms with Crippen LogP contribution < -0.4 is 5.32 Å². The van der Waals surface area contributed by atoms with Crippen molar-refractivity contribution in [2.45, 2.75) is 44.9 Å². The summed E-state index contributed by atoms with van der Waals surface area (Å²) in [6, 6.07) is 5.72. The fourth-order valence-electron chi connectivity index (χ4n) is 3.06. The van der Waals surface area contributed by atoms with Gasteiger partial charge in [0.2, 0.25) is 11.8 Å². The van der Waals surface area contributed by atoms with Crippen molar-refractivity contribution in [2.24, 2.45) is 5.92 Å². The minimum Gasteiger partial charge on any atom is -0.336 e. The molecule has 0 heterocycles. The molecule has 0 atom stereocenters. The number of likely N-dealkylation sites (N-methyl/N-ethyl adjacent to an activating group) is 1. The predicted molar refractivity (Wildman–Crippen MR) is 88.5 cm³/mol. The number of hydrogen-bond acceptors (Lipinski definition) is 2. The summed E-state index contributed by atoms with van der Waals surface area (Å²) in [4.78, 5) is 25.5. The van der Waals surface area contributed by atoms with Gasteiger partial charge in [-0.2, -0.15) is 0 Å². The summed E-state index contributed by atoms with van der Waals surface area (Å²) in [6.07, 6.45) is 7.69. The SMILES string of the molecule is CN(CC(=O)Nc1cccc(F)c1)C(=O)CCC1CCCCC1. The fraction of sp³-hybridized carbons (Fsp3) is 0.556. The van der Waals surface area contributed by atoms with Crippen LogP contribution in [0.4, 0.5) is 10.1 Å². The first-order valence-electron chi connectivity index (χ1n) is 8.34. The van der Waals surface area contributed by atoms with Crippen molar-refractivity contribution in [3.63, 3.8) is 0 Å². The Balaban J connectivity index is 1.72. The Labute approximate surface area is 137 Å². The Kier molecular flexibility index (Phi) is 6.56. The second kappa shape index (κ2) is 8.65. The molecule has 0 unspecified atom stereocenters. The molecule has 1 fully saturated rings. The van der Waals surface area contributed by atoms with Gasteiger partial charge < -0.3 is 10.2 Å². The van der Waals surface area contributed by atoms with Gasteiger partial charge in [-0.3, -0.25) is 9.59 Å². The molecule has 126 valence electrons. The van der Waals surface area contributed by atoms with E-state index in [0.29, 0.717) is 18.0 Å². The Morgan fingerprint density at radius 1 is 1.26 bits per heavy atom. The molecule has 23 heavy (non-hydrogen) atoms. The lowest BCUT2D eigenvalue weighted by Crippen LogP contribution is -2.35. The molecule has 0 aromatic heterocycles. The van der Waals surface area contributed by atoms with E-state index in [0.717, 1.165) is 6.42 Å². The lowest BCUT2D eigenvalue weighted by molar-refractivity contribution is -0.133. The van der Waals surface area contributed by atoms with Gasteiger partial charge in [-0.15, -0.1) is 0 Å². The number of carbonyl (C=O) groups is 2. The van der Waals surface area contributed by atoms with Crippen LogP contribution >= 0.6 is 0 Å². The molecule has 0 spiro atoms. The Morgan fingerprint density at radius 2 is 2.00 bits per heavy atom. The van der Waals surface area contributed by atoms with E-state index in [9.17, 15) is 14.0 Å². The van der Waals surface area contributed by atoms with Crippen molar-refractivity contribution >= 4 is 17.5 Å². The van der Waals surface area contributed by atoms with Crippen LogP contribution in [0.2, 0.25) is 0 Å². The minimum atomic E-state index is -0.403. The molecular weight excluding hydrogens is 295 g/mol. The lowest BCUT2D eigenvalue weighted by Gasteiger charge is -2.22. The zero-order chi connectivity index (χ0) is 16.7. The van der Waals surface area contributed by atoms with Gasteiger partial charge in [-0.05, 0) is 30.5 Å². The van der Waals surface area contributed by atoms with E-state index >= 15 is 0 Å². The number of rotatable bonds is 6. The van der Waals surface area contributed by atoms with Crippen LogP contribution in [0, 0.1) is 11.7 Å². The average molecular weight is 320 g/mol. The number of hydrogen-bond donors (Lipinski definition) is 1. The lowest BCUT2D eigenvalue weighted by atomic mass is 9.86. The molecule has 1 aromatic carbocycles. The number of nitrogens with zero attached hydrogens (tertiary/aromatic N) is 1. The van der Waals surface area contributed by atoms with Gasteiger partial charge in [0, 0.05) is 19.2 Å². The fourth-order valence-corrected chi connectivity index (χ4v) is 3.06. The zero-order valence-corrected chi connectivity index (χ0v) is 13.7. The van der Waals surface area contributed by atoms with E-state index in [1.807, 2.05) is 0 Å². The van der Waals surface area contributed by atoms with E-state index in [1.165, 1.54) is 55.2 Å². The second-order valence-corrected chi connectivity index (χ2v) is 6.35. The predicted octanol–water partition coefficient (Wildman–Crippen LogP) is 3.58. The van der Waals surface area contributed by atoms with Crippen molar-refractivity contribution in [2.75, 3.05) is 18.9 Å². The molecule has 0 saturated heterocycles. The second-order valence-electron chi connectivity index (χ2n) is 6.35. The van der Waals surface area contributed by atoms with Crippen molar-refractivity contribution in [3.8, 4) is 0 Å². The first-order chi connectivity index (χ1) is 11.0. The van der Waals surface area contributed by atoms with E-state index in [2.05, 4.69) is 5.32 Å². The molecule has 2 amide bonds. The maximum Gasteiger partial charge on any atom is 0.243 e. The Morgan fingerprint density at radius 3 is 2.70 bits per heavy atom. The Hall–Kier alpha value is -1.91. The van der Waals surface area contributed by atoms with Crippen LogP contribution in [0.25, 0.3) is 0 Å². The number of nitrogens with one attached hydrogen (secondary N) is 1. The van der Waals surface area contributed by atoms with E-state index in [4.69, 9.17) is 0 Å². The smallest absolute Gasteiger partial charge is 0.243 e. The monoisotopic (exact) mass is 320 g/mol. The van der Waals surface area contributed by atoms with Crippen molar-refractivity contribution in [3.05, 3.63) is 30.1 Å². The third-order valence-corrected chi connectivity index (χ3v) is 4.41.